The molecule has 0 spiro atoms. The van der Waals surface area contributed by atoms with Gasteiger partial charge in [0.2, 0.25) is 0 Å². The lowest BCUT2D eigenvalue weighted by molar-refractivity contribution is -0.143. The monoisotopic (exact) mass is 362 g/mol. The van der Waals surface area contributed by atoms with Crippen LogP contribution in [0.5, 0.6) is 0 Å². The normalized spacial score (nSPS) is 26.0. The van der Waals surface area contributed by atoms with Gasteiger partial charge in [-0.3, -0.25) is 9.89 Å². The maximum absolute atomic E-state index is 12.5. The van der Waals surface area contributed by atoms with Crippen molar-refractivity contribution < 1.29 is 13.2 Å². The predicted molar refractivity (Wildman–Crippen MR) is 95.7 cm³/mol. The van der Waals surface area contributed by atoms with Gasteiger partial charge >= 0.3 is 6.18 Å². The molecule has 0 saturated carbocycles. The molecule has 0 aliphatic carbocycles. The number of halogens is 3. The van der Waals surface area contributed by atoms with Gasteiger partial charge in [-0.2, -0.15) is 13.2 Å². The molecular formula is C18H33F3N4. The SMILES string of the molecule is CCNC(=NCC1CCN(CC(F)(F)F)C1)N1CCC(CC(C)C)C1. The first kappa shape index (κ1) is 20.3. The Morgan fingerprint density at radius 1 is 1.16 bits per heavy atom. The number of rotatable bonds is 6. The first-order chi connectivity index (χ1) is 11.8. The van der Waals surface area contributed by atoms with Crippen molar-refractivity contribution >= 4 is 5.96 Å². The van der Waals surface area contributed by atoms with Gasteiger partial charge in [-0.05, 0) is 50.5 Å². The minimum Gasteiger partial charge on any atom is -0.357 e. The molecule has 2 aliphatic heterocycles. The van der Waals surface area contributed by atoms with Gasteiger partial charge in [0.15, 0.2) is 5.96 Å². The molecule has 0 aromatic carbocycles. The molecule has 2 fully saturated rings. The number of alkyl halides is 3. The first-order valence-electron chi connectivity index (χ1n) is 9.59. The van der Waals surface area contributed by atoms with E-state index in [0.29, 0.717) is 25.6 Å². The van der Waals surface area contributed by atoms with Crippen molar-refractivity contribution in [3.05, 3.63) is 0 Å². The molecule has 2 unspecified atom stereocenters. The highest BCUT2D eigenvalue weighted by Gasteiger charge is 2.34. The molecule has 2 aliphatic rings. The summed E-state index contributed by atoms with van der Waals surface area (Å²) >= 11 is 0. The fourth-order valence-electron chi connectivity index (χ4n) is 3.98. The number of hydrogen-bond donors (Lipinski definition) is 1. The fourth-order valence-corrected chi connectivity index (χ4v) is 3.98. The van der Waals surface area contributed by atoms with Gasteiger partial charge in [0.1, 0.15) is 0 Å². The van der Waals surface area contributed by atoms with Crippen LogP contribution in [0.4, 0.5) is 13.2 Å². The number of hydrogen-bond acceptors (Lipinski definition) is 2. The highest BCUT2D eigenvalue weighted by Crippen LogP contribution is 2.25. The zero-order valence-electron chi connectivity index (χ0n) is 15.8. The summed E-state index contributed by atoms with van der Waals surface area (Å²) in [6.45, 7) is 10.3. The summed E-state index contributed by atoms with van der Waals surface area (Å²) in [5.41, 5.74) is 0. The fraction of sp³-hybridized carbons (Fsp3) is 0.944. The quantitative estimate of drug-likeness (QED) is 0.581. The second-order valence-corrected chi connectivity index (χ2v) is 7.93. The summed E-state index contributed by atoms with van der Waals surface area (Å²) in [4.78, 5) is 8.57. The lowest BCUT2D eigenvalue weighted by atomic mass is 9.97. The van der Waals surface area contributed by atoms with Crippen LogP contribution >= 0.6 is 0 Å². The molecule has 2 heterocycles. The number of nitrogens with zero attached hydrogens (tertiary/aromatic N) is 3. The Labute approximate surface area is 149 Å². The predicted octanol–water partition coefficient (Wildman–Crippen LogP) is 3.20. The van der Waals surface area contributed by atoms with E-state index in [9.17, 15) is 13.2 Å². The van der Waals surface area contributed by atoms with Crippen LogP contribution in [0.25, 0.3) is 0 Å². The molecule has 4 nitrogen and oxygen atoms in total. The standard InChI is InChI=1S/C18H33F3N4/c1-4-22-17(25-8-6-15(12-25)9-14(2)3)23-10-16-5-7-24(11-16)13-18(19,20)21/h14-16H,4-13H2,1-3H3,(H,22,23). The van der Waals surface area contributed by atoms with Gasteiger partial charge < -0.3 is 10.2 Å². The van der Waals surface area contributed by atoms with E-state index in [1.807, 2.05) is 0 Å². The lowest BCUT2D eigenvalue weighted by Gasteiger charge is -2.23. The maximum atomic E-state index is 12.5. The Morgan fingerprint density at radius 3 is 2.52 bits per heavy atom. The Morgan fingerprint density at radius 2 is 1.88 bits per heavy atom. The van der Waals surface area contributed by atoms with Crippen molar-refractivity contribution in [1.82, 2.24) is 15.1 Å². The highest BCUT2D eigenvalue weighted by molar-refractivity contribution is 5.80. The van der Waals surface area contributed by atoms with E-state index in [-0.39, 0.29) is 5.92 Å². The molecular weight excluding hydrogens is 329 g/mol. The van der Waals surface area contributed by atoms with E-state index >= 15 is 0 Å². The van der Waals surface area contributed by atoms with E-state index in [2.05, 4.69) is 31.0 Å². The summed E-state index contributed by atoms with van der Waals surface area (Å²) in [5, 5.41) is 3.35. The lowest BCUT2D eigenvalue weighted by Crippen LogP contribution is -2.40. The number of nitrogens with one attached hydrogen (secondary N) is 1. The van der Waals surface area contributed by atoms with E-state index < -0.39 is 12.7 Å². The Balaban J connectivity index is 1.84. The molecule has 0 radical (unpaired) electrons. The van der Waals surface area contributed by atoms with Gasteiger partial charge in [-0.15, -0.1) is 0 Å². The smallest absolute Gasteiger partial charge is 0.357 e. The van der Waals surface area contributed by atoms with Gasteiger partial charge in [0, 0.05) is 32.7 Å². The van der Waals surface area contributed by atoms with Gasteiger partial charge in [-0.1, -0.05) is 13.8 Å². The van der Waals surface area contributed by atoms with Gasteiger partial charge in [0.25, 0.3) is 0 Å². The minimum atomic E-state index is -4.10. The Kier molecular flexibility index (Phi) is 7.40. The van der Waals surface area contributed by atoms with Gasteiger partial charge in [0.05, 0.1) is 6.54 Å². The number of likely N-dealkylation sites (tertiary alicyclic amines) is 2. The summed E-state index contributed by atoms with van der Waals surface area (Å²) in [6, 6.07) is 0. The second-order valence-electron chi connectivity index (χ2n) is 7.93. The molecule has 0 aromatic heterocycles. The molecule has 0 aromatic rings. The molecule has 25 heavy (non-hydrogen) atoms. The summed E-state index contributed by atoms with van der Waals surface area (Å²) in [6.07, 6.45) is -0.862. The third kappa shape index (κ3) is 7.04. The van der Waals surface area contributed by atoms with Crippen LogP contribution in [0.3, 0.4) is 0 Å². The van der Waals surface area contributed by atoms with Crippen molar-refractivity contribution in [2.45, 2.75) is 46.2 Å². The molecule has 2 saturated heterocycles. The topological polar surface area (TPSA) is 30.9 Å². The van der Waals surface area contributed by atoms with Crippen LogP contribution in [0, 0.1) is 17.8 Å². The molecule has 2 rings (SSSR count). The number of aliphatic imine (C=N–C) groups is 1. The summed E-state index contributed by atoms with van der Waals surface area (Å²) in [7, 11) is 0. The Hall–Kier alpha value is -0.980. The van der Waals surface area contributed by atoms with Crippen LogP contribution < -0.4 is 5.32 Å². The van der Waals surface area contributed by atoms with Crippen LogP contribution in [0.1, 0.15) is 40.0 Å². The van der Waals surface area contributed by atoms with Crippen molar-refractivity contribution in [2.24, 2.45) is 22.7 Å². The summed E-state index contributed by atoms with van der Waals surface area (Å²) in [5.74, 6) is 2.59. The minimum absolute atomic E-state index is 0.227. The highest BCUT2D eigenvalue weighted by atomic mass is 19.4. The second kappa shape index (κ2) is 9.10. The molecule has 0 bridgehead atoms. The maximum Gasteiger partial charge on any atom is 0.401 e. The van der Waals surface area contributed by atoms with E-state index in [0.717, 1.165) is 37.9 Å². The third-order valence-corrected chi connectivity index (χ3v) is 5.00. The zero-order valence-corrected chi connectivity index (χ0v) is 15.8. The summed E-state index contributed by atoms with van der Waals surface area (Å²) < 4.78 is 37.5. The van der Waals surface area contributed by atoms with Crippen molar-refractivity contribution in [3.63, 3.8) is 0 Å². The Bertz CT molecular complexity index is 437. The third-order valence-electron chi connectivity index (χ3n) is 5.00. The van der Waals surface area contributed by atoms with E-state index in [1.54, 1.807) is 0 Å². The van der Waals surface area contributed by atoms with Crippen molar-refractivity contribution in [3.8, 4) is 0 Å². The van der Waals surface area contributed by atoms with Crippen LogP contribution in [-0.2, 0) is 0 Å². The van der Waals surface area contributed by atoms with E-state index in [1.165, 1.54) is 17.7 Å². The van der Waals surface area contributed by atoms with Gasteiger partial charge in [-0.25, -0.2) is 0 Å². The van der Waals surface area contributed by atoms with Crippen LogP contribution in [0.15, 0.2) is 4.99 Å². The van der Waals surface area contributed by atoms with E-state index in [4.69, 9.17) is 4.99 Å². The average Bonchev–Trinajstić information content (AvgIpc) is 3.11. The van der Waals surface area contributed by atoms with Crippen molar-refractivity contribution in [2.75, 3.05) is 45.8 Å². The number of guanidine groups is 1. The zero-order chi connectivity index (χ0) is 18.4. The largest absolute Gasteiger partial charge is 0.401 e. The molecule has 0 amide bonds. The van der Waals surface area contributed by atoms with Crippen LogP contribution in [-0.4, -0.2) is 67.7 Å². The molecule has 146 valence electrons. The van der Waals surface area contributed by atoms with Crippen molar-refractivity contribution in [1.29, 1.82) is 0 Å². The molecule has 1 N–H and O–H groups in total. The molecule has 7 heteroatoms. The molecule has 2 atom stereocenters. The first-order valence-corrected chi connectivity index (χ1v) is 9.59. The average molecular weight is 362 g/mol. The van der Waals surface area contributed by atoms with Crippen LogP contribution in [0.2, 0.25) is 0 Å².